The van der Waals surface area contributed by atoms with E-state index in [9.17, 15) is 0 Å². The highest BCUT2D eigenvalue weighted by atomic mass is 32.1. The molecule has 100 valence electrons. The average molecular weight is 264 g/mol. The van der Waals surface area contributed by atoms with Crippen molar-refractivity contribution in [3.05, 3.63) is 16.8 Å². The normalized spacial score (nSPS) is 29.3. The largest absolute Gasteiger partial charge is 0.369 e. The maximum atomic E-state index is 3.81. The second kappa shape index (κ2) is 5.62. The summed E-state index contributed by atoms with van der Waals surface area (Å²) in [6.07, 6.45) is 5.69. The molecule has 1 aliphatic heterocycles. The molecule has 18 heavy (non-hydrogen) atoms. The van der Waals surface area contributed by atoms with Crippen molar-refractivity contribution in [2.45, 2.75) is 38.6 Å². The Balaban J connectivity index is 1.54. The highest BCUT2D eigenvalue weighted by Gasteiger charge is 2.26. The van der Waals surface area contributed by atoms with E-state index in [0.29, 0.717) is 6.04 Å². The van der Waals surface area contributed by atoms with Crippen molar-refractivity contribution in [3.63, 3.8) is 0 Å². The Bertz CT molecular complexity index is 359. The van der Waals surface area contributed by atoms with Crippen molar-refractivity contribution in [2.24, 2.45) is 11.8 Å². The van der Waals surface area contributed by atoms with E-state index >= 15 is 0 Å². The van der Waals surface area contributed by atoms with Crippen molar-refractivity contribution in [3.8, 4) is 0 Å². The van der Waals surface area contributed by atoms with Gasteiger partial charge in [-0.3, -0.25) is 0 Å². The van der Waals surface area contributed by atoms with Gasteiger partial charge in [0.05, 0.1) is 0 Å². The van der Waals surface area contributed by atoms with E-state index in [2.05, 4.69) is 34.0 Å². The predicted molar refractivity (Wildman–Crippen MR) is 79.4 cm³/mol. The molecule has 0 bridgehead atoms. The third kappa shape index (κ3) is 2.89. The molecule has 0 radical (unpaired) electrons. The molecule has 1 saturated heterocycles. The molecule has 1 aromatic rings. The molecule has 2 atom stereocenters. The monoisotopic (exact) mass is 264 g/mol. The van der Waals surface area contributed by atoms with E-state index in [1.165, 1.54) is 51.0 Å². The van der Waals surface area contributed by atoms with Crippen LogP contribution in [0.1, 0.15) is 32.6 Å². The number of rotatable bonds is 4. The Hall–Kier alpha value is -0.540. The molecular formula is C15H24N2S. The van der Waals surface area contributed by atoms with Crippen LogP contribution in [-0.2, 0) is 0 Å². The third-order valence-corrected chi connectivity index (χ3v) is 5.12. The van der Waals surface area contributed by atoms with Gasteiger partial charge in [0.15, 0.2) is 0 Å². The van der Waals surface area contributed by atoms with E-state index in [4.69, 9.17) is 0 Å². The summed E-state index contributed by atoms with van der Waals surface area (Å²) < 4.78 is 0. The molecule has 2 fully saturated rings. The van der Waals surface area contributed by atoms with Gasteiger partial charge >= 0.3 is 0 Å². The van der Waals surface area contributed by atoms with Crippen molar-refractivity contribution in [1.29, 1.82) is 0 Å². The standard InChI is InChI=1S/C15H24N2S/c1-12-7-14(16-8-13-3-2-4-13)10-17(9-12)15-5-6-18-11-15/h5-6,11-14,16H,2-4,7-10H2,1H3. The quantitative estimate of drug-likeness (QED) is 0.897. The van der Waals surface area contributed by atoms with Crippen LogP contribution >= 0.6 is 11.3 Å². The maximum Gasteiger partial charge on any atom is 0.0475 e. The molecule has 2 aliphatic rings. The molecule has 1 N–H and O–H groups in total. The highest BCUT2D eigenvalue weighted by Crippen LogP contribution is 2.27. The first-order valence-corrected chi connectivity index (χ1v) is 8.26. The number of nitrogens with one attached hydrogen (secondary N) is 1. The van der Waals surface area contributed by atoms with Gasteiger partial charge in [0.25, 0.3) is 0 Å². The summed E-state index contributed by atoms with van der Waals surface area (Å²) in [6.45, 7) is 6.04. The molecule has 2 unspecified atom stereocenters. The fraction of sp³-hybridized carbons (Fsp3) is 0.733. The topological polar surface area (TPSA) is 15.3 Å². The lowest BCUT2D eigenvalue weighted by atomic mass is 9.85. The predicted octanol–water partition coefficient (Wildman–Crippen LogP) is 3.35. The molecule has 0 spiro atoms. The lowest BCUT2D eigenvalue weighted by molar-refractivity contribution is 0.268. The first-order chi connectivity index (χ1) is 8.81. The zero-order valence-corrected chi connectivity index (χ0v) is 12.1. The number of nitrogens with zero attached hydrogens (tertiary/aromatic N) is 1. The van der Waals surface area contributed by atoms with Gasteiger partial charge in [-0.1, -0.05) is 13.3 Å². The van der Waals surface area contributed by atoms with Crippen LogP contribution in [0.2, 0.25) is 0 Å². The van der Waals surface area contributed by atoms with Gasteiger partial charge in [-0.2, -0.15) is 11.3 Å². The van der Waals surface area contributed by atoms with Crippen LogP contribution in [0.4, 0.5) is 5.69 Å². The summed E-state index contributed by atoms with van der Waals surface area (Å²) >= 11 is 1.80. The van der Waals surface area contributed by atoms with Gasteiger partial charge in [-0.25, -0.2) is 0 Å². The molecule has 0 aromatic carbocycles. The smallest absolute Gasteiger partial charge is 0.0475 e. The van der Waals surface area contributed by atoms with E-state index in [0.717, 1.165) is 11.8 Å². The summed E-state index contributed by atoms with van der Waals surface area (Å²) in [4.78, 5) is 2.56. The summed E-state index contributed by atoms with van der Waals surface area (Å²) in [7, 11) is 0. The number of hydrogen-bond donors (Lipinski definition) is 1. The second-order valence-corrected chi connectivity index (χ2v) is 6.91. The van der Waals surface area contributed by atoms with Gasteiger partial charge in [-0.15, -0.1) is 0 Å². The molecule has 1 aliphatic carbocycles. The van der Waals surface area contributed by atoms with E-state index < -0.39 is 0 Å². The molecule has 3 heteroatoms. The second-order valence-electron chi connectivity index (χ2n) is 6.13. The molecule has 3 rings (SSSR count). The van der Waals surface area contributed by atoms with Crippen molar-refractivity contribution >= 4 is 17.0 Å². The number of anilines is 1. The number of piperidine rings is 1. The molecule has 1 saturated carbocycles. The minimum Gasteiger partial charge on any atom is -0.369 e. The fourth-order valence-electron chi connectivity index (χ4n) is 3.18. The first kappa shape index (κ1) is 12.5. The molecule has 0 amide bonds. The van der Waals surface area contributed by atoms with Crippen LogP contribution < -0.4 is 10.2 Å². The van der Waals surface area contributed by atoms with E-state index in [1.807, 2.05) is 0 Å². The van der Waals surface area contributed by atoms with Gasteiger partial charge in [-0.05, 0) is 49.1 Å². The SMILES string of the molecule is CC1CC(NCC2CCC2)CN(c2ccsc2)C1. The first-order valence-electron chi connectivity index (χ1n) is 7.32. The van der Waals surface area contributed by atoms with Gasteiger partial charge in [0, 0.05) is 30.2 Å². The fourth-order valence-corrected chi connectivity index (χ4v) is 3.84. The zero-order chi connectivity index (χ0) is 12.4. The van der Waals surface area contributed by atoms with Gasteiger partial charge in [0.1, 0.15) is 0 Å². The molecule has 2 heterocycles. The lowest BCUT2D eigenvalue weighted by Crippen LogP contribution is -2.50. The third-order valence-electron chi connectivity index (χ3n) is 4.45. The summed E-state index contributed by atoms with van der Waals surface area (Å²) in [5.41, 5.74) is 1.42. The van der Waals surface area contributed by atoms with Crippen molar-refractivity contribution in [2.75, 3.05) is 24.5 Å². The lowest BCUT2D eigenvalue weighted by Gasteiger charge is -2.39. The Kier molecular flexibility index (Phi) is 3.90. The Morgan fingerprint density at radius 1 is 1.39 bits per heavy atom. The van der Waals surface area contributed by atoms with Crippen molar-refractivity contribution < 1.29 is 0 Å². The van der Waals surface area contributed by atoms with Crippen LogP contribution in [-0.4, -0.2) is 25.7 Å². The Morgan fingerprint density at radius 2 is 2.28 bits per heavy atom. The van der Waals surface area contributed by atoms with Crippen LogP contribution in [0.15, 0.2) is 16.8 Å². The molecule has 2 nitrogen and oxygen atoms in total. The van der Waals surface area contributed by atoms with Crippen molar-refractivity contribution in [1.82, 2.24) is 5.32 Å². The molecular weight excluding hydrogens is 240 g/mol. The van der Waals surface area contributed by atoms with Crippen LogP contribution in [0.25, 0.3) is 0 Å². The van der Waals surface area contributed by atoms with Gasteiger partial charge < -0.3 is 10.2 Å². The zero-order valence-electron chi connectivity index (χ0n) is 11.3. The van der Waals surface area contributed by atoms with Crippen LogP contribution in [0.5, 0.6) is 0 Å². The summed E-state index contributed by atoms with van der Waals surface area (Å²) in [5.74, 6) is 1.77. The Morgan fingerprint density at radius 3 is 2.94 bits per heavy atom. The van der Waals surface area contributed by atoms with Crippen LogP contribution in [0, 0.1) is 11.8 Å². The summed E-state index contributed by atoms with van der Waals surface area (Å²) in [5, 5.41) is 8.27. The Labute approximate surface area is 114 Å². The number of hydrogen-bond acceptors (Lipinski definition) is 3. The highest BCUT2D eigenvalue weighted by molar-refractivity contribution is 7.08. The maximum absolute atomic E-state index is 3.81. The minimum atomic E-state index is 0.689. The minimum absolute atomic E-state index is 0.689. The van der Waals surface area contributed by atoms with E-state index in [1.54, 1.807) is 11.3 Å². The number of thiophene rings is 1. The van der Waals surface area contributed by atoms with E-state index in [-0.39, 0.29) is 0 Å². The van der Waals surface area contributed by atoms with Gasteiger partial charge in [0.2, 0.25) is 0 Å². The summed E-state index contributed by atoms with van der Waals surface area (Å²) in [6, 6.07) is 2.94. The average Bonchev–Trinajstić information content (AvgIpc) is 2.79. The van der Waals surface area contributed by atoms with Crippen LogP contribution in [0.3, 0.4) is 0 Å². The molecule has 1 aromatic heterocycles.